The summed E-state index contributed by atoms with van der Waals surface area (Å²) in [5.74, 6) is 0.187. The SMILES string of the molecule is CCCCCCCCCCCC(=O)OC[C@H](COP(=O)(O)OC[C@H](O)COP(=O)(O)OC[C@@H](COC(=O)CCCCCCCCCCCCC(C)CC)OC(=O)CCCCCCCCCCCCCCCC(C)C)OC(=O)CCCCCCCCC(C)CC. The highest BCUT2D eigenvalue weighted by atomic mass is 31.2. The van der Waals surface area contributed by atoms with Crippen molar-refractivity contribution in [2.24, 2.45) is 17.8 Å². The van der Waals surface area contributed by atoms with Crippen LogP contribution < -0.4 is 0 Å². The fourth-order valence-electron chi connectivity index (χ4n) is 10.5. The number of carbonyl (C=O) groups excluding carboxylic acids is 4. The molecule has 0 amide bonds. The van der Waals surface area contributed by atoms with Crippen molar-refractivity contribution in [3.8, 4) is 0 Å². The van der Waals surface area contributed by atoms with Gasteiger partial charge in [0.2, 0.25) is 0 Å². The minimum Gasteiger partial charge on any atom is -0.462 e. The summed E-state index contributed by atoms with van der Waals surface area (Å²) in [5, 5.41) is 10.6. The van der Waals surface area contributed by atoms with Crippen LogP contribution in [0.1, 0.15) is 350 Å². The van der Waals surface area contributed by atoms with E-state index < -0.39 is 97.5 Å². The molecule has 0 heterocycles. The number of ether oxygens (including phenoxy) is 4. The third-order valence-electron chi connectivity index (χ3n) is 16.9. The first kappa shape index (κ1) is 87.1. The molecule has 7 atom stereocenters. The number of phosphoric acid groups is 2. The summed E-state index contributed by atoms with van der Waals surface area (Å²) in [6.45, 7) is 11.8. The Bertz CT molecular complexity index is 1750. The summed E-state index contributed by atoms with van der Waals surface area (Å²) in [5.41, 5.74) is 0. The highest BCUT2D eigenvalue weighted by molar-refractivity contribution is 7.47. The van der Waals surface area contributed by atoms with E-state index in [1.165, 1.54) is 161 Å². The molecule has 0 aliphatic heterocycles. The first-order valence-electron chi connectivity index (χ1n) is 36.4. The molecule has 0 aromatic rings. The summed E-state index contributed by atoms with van der Waals surface area (Å²) in [6, 6.07) is 0. The number of hydrogen-bond acceptors (Lipinski definition) is 15. The van der Waals surface area contributed by atoms with E-state index in [9.17, 15) is 43.2 Å². The van der Waals surface area contributed by atoms with Crippen molar-refractivity contribution in [2.75, 3.05) is 39.6 Å². The van der Waals surface area contributed by atoms with Crippen LogP contribution in [-0.4, -0.2) is 96.7 Å². The number of unbranched alkanes of at least 4 members (excludes halogenated alkanes) is 34. The standard InChI is InChI=1S/C70H136O17P2/c1-8-11-12-13-14-22-29-37-44-51-67(72)80-58-66(87-70(75)54-47-40-33-32-36-43-50-63(7)10-3)60-85-89(78,79)83-56-64(71)55-82-88(76,77)84-59-65(57-81-68(73)52-45-38-30-25-21-20-24-28-35-42-49-62(6)9-2)86-69(74)53-46-39-31-26-19-17-15-16-18-23-27-34-41-48-61(4)5/h61-66,71H,8-60H2,1-7H3,(H,76,77)(H,78,79)/t62?,63?,64-,65-,66-/m1/s1. The molecule has 0 spiro atoms. The lowest BCUT2D eigenvalue weighted by molar-refractivity contribution is -0.161. The van der Waals surface area contributed by atoms with Gasteiger partial charge in [-0.05, 0) is 43.4 Å². The molecule has 0 saturated carbocycles. The van der Waals surface area contributed by atoms with Gasteiger partial charge in [0.15, 0.2) is 12.2 Å². The number of carbonyl (C=O) groups is 4. The van der Waals surface area contributed by atoms with Gasteiger partial charge in [0, 0.05) is 25.7 Å². The molecule has 0 aliphatic rings. The van der Waals surface area contributed by atoms with Crippen molar-refractivity contribution in [2.45, 2.75) is 369 Å². The summed E-state index contributed by atoms with van der Waals surface area (Å²) >= 11 is 0. The van der Waals surface area contributed by atoms with Crippen molar-refractivity contribution in [1.82, 2.24) is 0 Å². The van der Waals surface area contributed by atoms with Crippen molar-refractivity contribution in [1.29, 1.82) is 0 Å². The largest absolute Gasteiger partial charge is 0.472 e. The van der Waals surface area contributed by atoms with Crippen molar-refractivity contribution in [3.63, 3.8) is 0 Å². The van der Waals surface area contributed by atoms with Crippen LogP contribution in [-0.2, 0) is 65.4 Å². The molecular formula is C70H136O17P2. The van der Waals surface area contributed by atoms with Gasteiger partial charge in [0.1, 0.15) is 19.3 Å². The third-order valence-corrected chi connectivity index (χ3v) is 18.8. The van der Waals surface area contributed by atoms with E-state index in [1.54, 1.807) is 0 Å². The molecule has 3 N–H and O–H groups in total. The third kappa shape index (κ3) is 62.0. The molecule has 0 saturated heterocycles. The monoisotopic (exact) mass is 1310 g/mol. The zero-order valence-corrected chi connectivity index (χ0v) is 59.7. The Morgan fingerprint density at radius 3 is 0.854 bits per heavy atom. The highest BCUT2D eigenvalue weighted by Crippen LogP contribution is 2.45. The summed E-state index contributed by atoms with van der Waals surface area (Å²) in [6.07, 6.45) is 44.4. The molecule has 0 aliphatic carbocycles. The maximum Gasteiger partial charge on any atom is 0.472 e. The summed E-state index contributed by atoms with van der Waals surface area (Å²) < 4.78 is 68.2. The fourth-order valence-corrected chi connectivity index (χ4v) is 12.1. The molecule has 0 aromatic carbocycles. The number of phosphoric ester groups is 2. The van der Waals surface area contributed by atoms with Gasteiger partial charge in [-0.3, -0.25) is 37.3 Å². The summed E-state index contributed by atoms with van der Waals surface area (Å²) in [4.78, 5) is 72.5. The second-order valence-corrected chi connectivity index (χ2v) is 29.1. The predicted octanol–water partition coefficient (Wildman–Crippen LogP) is 19.8. The fraction of sp³-hybridized carbons (Fsp3) is 0.943. The molecule has 528 valence electrons. The number of esters is 4. The Balaban J connectivity index is 5.24. The second-order valence-electron chi connectivity index (χ2n) is 26.2. The molecule has 0 bridgehead atoms. The number of aliphatic hydroxyl groups is 1. The Labute approximate surface area is 543 Å². The van der Waals surface area contributed by atoms with Crippen LogP contribution in [0.15, 0.2) is 0 Å². The molecule has 0 fully saturated rings. The van der Waals surface area contributed by atoms with Crippen molar-refractivity contribution in [3.05, 3.63) is 0 Å². The Morgan fingerprint density at radius 1 is 0.326 bits per heavy atom. The van der Waals surface area contributed by atoms with Gasteiger partial charge in [-0.2, -0.15) is 0 Å². The highest BCUT2D eigenvalue weighted by Gasteiger charge is 2.30. The maximum atomic E-state index is 13.0. The van der Waals surface area contributed by atoms with E-state index >= 15 is 0 Å². The Morgan fingerprint density at radius 2 is 0.573 bits per heavy atom. The van der Waals surface area contributed by atoms with Crippen LogP contribution in [0.5, 0.6) is 0 Å². The van der Waals surface area contributed by atoms with Crippen molar-refractivity contribution < 1.29 is 80.2 Å². The lowest BCUT2D eigenvalue weighted by Gasteiger charge is -2.21. The average molecular weight is 1310 g/mol. The van der Waals surface area contributed by atoms with Gasteiger partial charge < -0.3 is 33.8 Å². The van der Waals surface area contributed by atoms with Crippen LogP contribution in [0.3, 0.4) is 0 Å². The summed E-state index contributed by atoms with van der Waals surface area (Å²) in [7, 11) is -9.90. The van der Waals surface area contributed by atoms with Gasteiger partial charge in [0.25, 0.3) is 0 Å². The van der Waals surface area contributed by atoms with Crippen LogP contribution in [0.25, 0.3) is 0 Å². The molecule has 4 unspecified atom stereocenters. The topological polar surface area (TPSA) is 237 Å². The number of rotatable bonds is 68. The first-order valence-corrected chi connectivity index (χ1v) is 39.4. The average Bonchev–Trinajstić information content (AvgIpc) is 3.66. The zero-order chi connectivity index (χ0) is 65.9. The van der Waals surface area contributed by atoms with Gasteiger partial charge in [-0.15, -0.1) is 0 Å². The number of aliphatic hydroxyl groups excluding tert-OH is 1. The quantitative estimate of drug-likeness (QED) is 0.0222. The van der Waals surface area contributed by atoms with E-state index in [2.05, 4.69) is 48.5 Å². The van der Waals surface area contributed by atoms with Crippen molar-refractivity contribution >= 4 is 39.5 Å². The van der Waals surface area contributed by atoms with Gasteiger partial charge in [-0.1, -0.05) is 299 Å². The van der Waals surface area contributed by atoms with Gasteiger partial charge in [0.05, 0.1) is 26.4 Å². The Kier molecular flexibility index (Phi) is 59.6. The predicted molar refractivity (Wildman–Crippen MR) is 358 cm³/mol. The Hall–Kier alpha value is -1.94. The van der Waals surface area contributed by atoms with E-state index in [1.807, 2.05) is 0 Å². The molecule has 0 radical (unpaired) electrons. The maximum absolute atomic E-state index is 13.0. The molecule has 17 nitrogen and oxygen atoms in total. The van der Waals surface area contributed by atoms with Crippen LogP contribution in [0, 0.1) is 17.8 Å². The molecule has 0 rings (SSSR count). The molecular weight excluding hydrogens is 1170 g/mol. The lowest BCUT2D eigenvalue weighted by Crippen LogP contribution is -2.30. The molecule has 0 aromatic heterocycles. The normalized spacial score (nSPS) is 14.8. The van der Waals surface area contributed by atoms with Crippen LogP contribution in [0.4, 0.5) is 0 Å². The zero-order valence-electron chi connectivity index (χ0n) is 57.9. The van der Waals surface area contributed by atoms with E-state index in [4.69, 9.17) is 37.0 Å². The number of hydrogen-bond donors (Lipinski definition) is 3. The van der Waals surface area contributed by atoms with Crippen LogP contribution >= 0.6 is 15.6 Å². The van der Waals surface area contributed by atoms with Gasteiger partial charge in [-0.25, -0.2) is 9.13 Å². The van der Waals surface area contributed by atoms with E-state index in [0.29, 0.717) is 25.7 Å². The first-order chi connectivity index (χ1) is 42.8. The van der Waals surface area contributed by atoms with Gasteiger partial charge >= 0.3 is 39.5 Å². The van der Waals surface area contributed by atoms with E-state index in [0.717, 1.165) is 108 Å². The van der Waals surface area contributed by atoms with E-state index in [-0.39, 0.29) is 25.7 Å². The molecule has 19 heteroatoms. The lowest BCUT2D eigenvalue weighted by atomic mass is 9.99. The van der Waals surface area contributed by atoms with Crippen LogP contribution in [0.2, 0.25) is 0 Å². The second kappa shape index (κ2) is 61.0. The minimum atomic E-state index is -4.95. The molecule has 89 heavy (non-hydrogen) atoms. The minimum absolute atomic E-state index is 0.103. The smallest absolute Gasteiger partial charge is 0.462 e.